The molecule has 1 N–H and O–H groups in total. The highest BCUT2D eigenvalue weighted by molar-refractivity contribution is 5.98. The molecule has 1 atom stereocenters. The normalized spacial score (nSPS) is 20.1. The maximum Gasteiger partial charge on any atom is 0.257 e. The van der Waals surface area contributed by atoms with E-state index in [0.29, 0.717) is 50.2 Å². The molecule has 0 saturated carbocycles. The molecule has 1 aromatic carbocycles. The van der Waals surface area contributed by atoms with Crippen LogP contribution in [0.25, 0.3) is 0 Å². The average molecular weight is 460 g/mol. The molecule has 0 aromatic heterocycles. The molecule has 0 bridgehead atoms. The molecule has 2 saturated heterocycles. The van der Waals surface area contributed by atoms with Gasteiger partial charge in [-0.2, -0.15) is 0 Å². The first-order chi connectivity index (χ1) is 15.6. The molecule has 8 heteroatoms. The second-order valence-electron chi connectivity index (χ2n) is 10.1. The van der Waals surface area contributed by atoms with Gasteiger partial charge in [-0.15, -0.1) is 0 Å². The van der Waals surface area contributed by atoms with Crippen LogP contribution in [0.2, 0.25) is 0 Å². The molecule has 0 aliphatic carbocycles. The zero-order valence-corrected chi connectivity index (χ0v) is 20.5. The van der Waals surface area contributed by atoms with E-state index in [1.165, 1.54) is 0 Å². The number of carbonyl (C=O) groups is 3. The van der Waals surface area contributed by atoms with Crippen molar-refractivity contribution >= 4 is 17.7 Å². The van der Waals surface area contributed by atoms with Gasteiger partial charge in [0.15, 0.2) is 0 Å². The van der Waals surface area contributed by atoms with E-state index in [9.17, 15) is 14.4 Å². The molecule has 182 valence electrons. The van der Waals surface area contributed by atoms with E-state index < -0.39 is 11.8 Å². The predicted octanol–water partition coefficient (Wildman–Crippen LogP) is 2.82. The molecule has 3 rings (SSSR count). The fraction of sp³-hybridized carbons (Fsp3) is 0.640. The molecule has 8 nitrogen and oxygen atoms in total. The SMILES string of the molecule is CCCNC(=O)[C@@H]1COC2(CCN(C(=O)CC(C)(C)C)CC2)N1C(=O)c1cccc(OC)c1. The molecule has 3 amide bonds. The summed E-state index contributed by atoms with van der Waals surface area (Å²) in [4.78, 5) is 42.9. The van der Waals surface area contributed by atoms with E-state index in [1.54, 1.807) is 36.3 Å². The Morgan fingerprint density at radius 1 is 1.21 bits per heavy atom. The average Bonchev–Trinajstić information content (AvgIpc) is 3.14. The van der Waals surface area contributed by atoms with Crippen LogP contribution >= 0.6 is 0 Å². The topological polar surface area (TPSA) is 88.2 Å². The van der Waals surface area contributed by atoms with Gasteiger partial charge in [0.2, 0.25) is 11.8 Å². The van der Waals surface area contributed by atoms with Crippen LogP contribution in [0, 0.1) is 5.41 Å². The zero-order valence-electron chi connectivity index (χ0n) is 20.5. The van der Waals surface area contributed by atoms with Crippen molar-refractivity contribution in [2.45, 2.75) is 65.1 Å². The first-order valence-corrected chi connectivity index (χ1v) is 11.8. The van der Waals surface area contributed by atoms with Crippen molar-refractivity contribution in [2.75, 3.05) is 33.4 Å². The van der Waals surface area contributed by atoms with Crippen molar-refractivity contribution in [3.8, 4) is 5.75 Å². The second-order valence-corrected chi connectivity index (χ2v) is 10.1. The fourth-order valence-corrected chi connectivity index (χ4v) is 4.50. The van der Waals surface area contributed by atoms with Crippen molar-refractivity contribution in [3.05, 3.63) is 29.8 Å². The molecule has 0 radical (unpaired) electrons. The lowest BCUT2D eigenvalue weighted by molar-refractivity contribution is -0.145. The Labute approximate surface area is 196 Å². The minimum absolute atomic E-state index is 0.0904. The number of methoxy groups -OCH3 is 1. The Kier molecular flexibility index (Phi) is 7.67. The van der Waals surface area contributed by atoms with Crippen molar-refractivity contribution < 1.29 is 23.9 Å². The summed E-state index contributed by atoms with van der Waals surface area (Å²) in [5.41, 5.74) is -0.557. The molecule has 0 unspecified atom stereocenters. The standard InChI is InChI=1S/C25H37N3O5/c1-6-12-26-22(30)20-17-33-25(10-13-27(14-11-25)21(29)16-24(2,3)4)28(20)23(31)18-8-7-9-19(15-18)32-5/h7-9,15,20H,6,10-14,16-17H2,1-5H3,(H,26,30)/t20-/m0/s1. The maximum absolute atomic E-state index is 13.7. The number of amides is 3. The van der Waals surface area contributed by atoms with E-state index in [2.05, 4.69) is 5.32 Å². The van der Waals surface area contributed by atoms with Gasteiger partial charge < -0.3 is 19.7 Å². The summed E-state index contributed by atoms with van der Waals surface area (Å²) in [6.45, 7) is 9.77. The maximum atomic E-state index is 13.7. The van der Waals surface area contributed by atoms with E-state index >= 15 is 0 Å². The summed E-state index contributed by atoms with van der Waals surface area (Å²) in [7, 11) is 1.55. The minimum Gasteiger partial charge on any atom is -0.497 e. The molecular weight excluding hydrogens is 422 g/mol. The highest BCUT2D eigenvalue weighted by Crippen LogP contribution is 2.39. The number of nitrogens with zero attached hydrogens (tertiary/aromatic N) is 2. The molecule has 2 aliphatic heterocycles. The van der Waals surface area contributed by atoms with Gasteiger partial charge in [0.25, 0.3) is 5.91 Å². The first-order valence-electron chi connectivity index (χ1n) is 11.8. The number of rotatable bonds is 6. The van der Waals surface area contributed by atoms with E-state index in [-0.39, 0.29) is 29.7 Å². The van der Waals surface area contributed by atoms with Gasteiger partial charge in [-0.05, 0) is 30.0 Å². The van der Waals surface area contributed by atoms with Gasteiger partial charge >= 0.3 is 0 Å². The number of hydrogen-bond acceptors (Lipinski definition) is 5. The van der Waals surface area contributed by atoms with Crippen LogP contribution in [0.1, 0.15) is 63.7 Å². The van der Waals surface area contributed by atoms with E-state index in [1.807, 2.05) is 32.6 Å². The van der Waals surface area contributed by atoms with Crippen molar-refractivity contribution in [1.29, 1.82) is 0 Å². The molecule has 2 heterocycles. The van der Waals surface area contributed by atoms with E-state index in [0.717, 1.165) is 6.42 Å². The van der Waals surface area contributed by atoms with Crippen LogP contribution in [0.5, 0.6) is 5.75 Å². The van der Waals surface area contributed by atoms with Crippen LogP contribution in [-0.4, -0.2) is 72.6 Å². The van der Waals surface area contributed by atoms with Crippen molar-refractivity contribution in [3.63, 3.8) is 0 Å². The molecular formula is C25H37N3O5. The zero-order chi connectivity index (χ0) is 24.2. The van der Waals surface area contributed by atoms with Gasteiger partial charge in [0.05, 0.1) is 13.7 Å². The summed E-state index contributed by atoms with van der Waals surface area (Å²) >= 11 is 0. The Balaban J connectivity index is 1.84. The lowest BCUT2D eigenvalue weighted by Gasteiger charge is -2.44. The first kappa shape index (κ1) is 25.0. The number of likely N-dealkylation sites (tertiary alicyclic amines) is 1. The highest BCUT2D eigenvalue weighted by Gasteiger charge is 2.54. The summed E-state index contributed by atoms with van der Waals surface area (Å²) in [5.74, 6) is 0.205. The van der Waals surface area contributed by atoms with Gasteiger partial charge in [-0.3, -0.25) is 19.3 Å². The third-order valence-corrected chi connectivity index (χ3v) is 6.23. The number of ether oxygens (including phenoxy) is 2. The number of hydrogen-bond donors (Lipinski definition) is 1. The highest BCUT2D eigenvalue weighted by atomic mass is 16.5. The monoisotopic (exact) mass is 459 g/mol. The lowest BCUT2D eigenvalue weighted by atomic mass is 9.90. The number of benzene rings is 1. The quantitative estimate of drug-likeness (QED) is 0.707. The Morgan fingerprint density at radius 2 is 1.91 bits per heavy atom. The van der Waals surface area contributed by atoms with Gasteiger partial charge in [-0.25, -0.2) is 0 Å². The largest absolute Gasteiger partial charge is 0.497 e. The molecule has 2 aliphatic rings. The van der Waals surface area contributed by atoms with Crippen molar-refractivity contribution in [1.82, 2.24) is 15.1 Å². The van der Waals surface area contributed by atoms with Crippen LogP contribution < -0.4 is 10.1 Å². The lowest BCUT2D eigenvalue weighted by Crippen LogP contribution is -2.60. The fourth-order valence-electron chi connectivity index (χ4n) is 4.50. The van der Waals surface area contributed by atoms with Crippen LogP contribution in [0.3, 0.4) is 0 Å². The number of nitrogens with one attached hydrogen (secondary N) is 1. The third-order valence-electron chi connectivity index (χ3n) is 6.23. The van der Waals surface area contributed by atoms with Crippen molar-refractivity contribution in [2.24, 2.45) is 5.41 Å². The summed E-state index contributed by atoms with van der Waals surface area (Å²) < 4.78 is 11.5. The molecule has 1 aromatic rings. The molecule has 1 spiro atoms. The van der Waals surface area contributed by atoms with Gasteiger partial charge in [0.1, 0.15) is 17.5 Å². The summed E-state index contributed by atoms with van der Waals surface area (Å²) in [6, 6.07) is 6.22. The Hall–Kier alpha value is -2.61. The minimum atomic E-state index is -0.910. The smallest absolute Gasteiger partial charge is 0.257 e. The second kappa shape index (κ2) is 10.1. The number of carbonyl (C=O) groups excluding carboxylic acids is 3. The molecule has 2 fully saturated rings. The van der Waals surface area contributed by atoms with Crippen LogP contribution in [0.15, 0.2) is 24.3 Å². The summed E-state index contributed by atoms with van der Waals surface area (Å²) in [5, 5.41) is 2.91. The van der Waals surface area contributed by atoms with Gasteiger partial charge in [-0.1, -0.05) is 33.8 Å². The van der Waals surface area contributed by atoms with Crippen LogP contribution in [0.4, 0.5) is 0 Å². The van der Waals surface area contributed by atoms with E-state index in [4.69, 9.17) is 9.47 Å². The Morgan fingerprint density at radius 3 is 2.52 bits per heavy atom. The van der Waals surface area contributed by atoms with Crippen LogP contribution in [-0.2, 0) is 14.3 Å². The predicted molar refractivity (Wildman–Crippen MR) is 125 cm³/mol. The third kappa shape index (κ3) is 5.66. The summed E-state index contributed by atoms with van der Waals surface area (Å²) in [6.07, 6.45) is 2.21. The Bertz CT molecular complexity index is 871. The molecule has 33 heavy (non-hydrogen) atoms. The number of piperidine rings is 1. The van der Waals surface area contributed by atoms with Gasteiger partial charge in [0, 0.05) is 44.5 Å².